The SMILES string of the molecule is CCc1cc(SN(O)Nc2cccc(Cl)c2)ccc1NC=O. The summed E-state index contributed by atoms with van der Waals surface area (Å²) in [4.78, 5) is 11.4. The van der Waals surface area contributed by atoms with Crippen molar-refractivity contribution in [2.75, 3.05) is 10.7 Å². The standard InChI is InChI=1S/C15H16ClN3O2S/c1-2-11-8-14(6-7-15(11)17-10-20)22-19(21)18-13-5-3-4-12(16)9-13/h3-10,18,21H,2H2,1H3,(H,17,20). The summed E-state index contributed by atoms with van der Waals surface area (Å²) in [5.74, 6) is 0. The maximum absolute atomic E-state index is 10.6. The predicted octanol–water partition coefficient (Wildman–Crippen LogP) is 4.20. The van der Waals surface area contributed by atoms with Gasteiger partial charge in [0.15, 0.2) is 0 Å². The third-order valence-corrected chi connectivity index (χ3v) is 3.88. The zero-order valence-corrected chi connectivity index (χ0v) is 13.5. The summed E-state index contributed by atoms with van der Waals surface area (Å²) in [5.41, 5.74) is 5.25. The Morgan fingerprint density at radius 1 is 1.32 bits per heavy atom. The lowest BCUT2D eigenvalue weighted by atomic mass is 10.1. The molecule has 0 heterocycles. The number of hydrazine groups is 1. The highest BCUT2D eigenvalue weighted by atomic mass is 35.5. The van der Waals surface area contributed by atoms with Gasteiger partial charge in [-0.1, -0.05) is 24.6 Å². The van der Waals surface area contributed by atoms with E-state index in [-0.39, 0.29) is 0 Å². The lowest BCUT2D eigenvalue weighted by Gasteiger charge is -2.17. The quantitative estimate of drug-likeness (QED) is 0.401. The minimum atomic E-state index is 0.584. The van der Waals surface area contributed by atoms with Gasteiger partial charge in [0.25, 0.3) is 0 Å². The second-order valence-corrected chi connectivity index (χ2v) is 5.86. The molecule has 2 aromatic carbocycles. The van der Waals surface area contributed by atoms with E-state index in [2.05, 4.69) is 10.7 Å². The molecule has 0 bridgehead atoms. The van der Waals surface area contributed by atoms with Crippen LogP contribution in [0.2, 0.25) is 5.02 Å². The molecule has 0 spiro atoms. The first-order valence-electron chi connectivity index (χ1n) is 6.64. The topological polar surface area (TPSA) is 64.6 Å². The number of amides is 1. The van der Waals surface area contributed by atoms with Crippen LogP contribution in [0.5, 0.6) is 0 Å². The number of halogens is 1. The van der Waals surface area contributed by atoms with Crippen LogP contribution in [0.15, 0.2) is 47.4 Å². The third-order valence-electron chi connectivity index (χ3n) is 2.91. The van der Waals surface area contributed by atoms with E-state index >= 15 is 0 Å². The highest BCUT2D eigenvalue weighted by Crippen LogP contribution is 2.27. The second kappa shape index (κ2) is 8.05. The molecular formula is C15H16ClN3O2S. The van der Waals surface area contributed by atoms with Gasteiger partial charge in [-0.05, 0) is 53.0 Å². The van der Waals surface area contributed by atoms with Gasteiger partial charge in [0.05, 0.1) is 5.69 Å². The number of nitrogens with one attached hydrogen (secondary N) is 2. The summed E-state index contributed by atoms with van der Waals surface area (Å²) in [6, 6.07) is 12.6. The van der Waals surface area contributed by atoms with Crippen LogP contribution in [-0.4, -0.2) is 16.2 Å². The normalized spacial score (nSPS) is 10.5. The lowest BCUT2D eigenvalue weighted by molar-refractivity contribution is -0.105. The molecule has 7 heteroatoms. The molecule has 22 heavy (non-hydrogen) atoms. The number of hydrogen-bond acceptors (Lipinski definition) is 5. The zero-order valence-electron chi connectivity index (χ0n) is 11.9. The summed E-state index contributed by atoms with van der Waals surface area (Å²) in [6.07, 6.45) is 1.43. The molecule has 0 aliphatic carbocycles. The molecule has 5 nitrogen and oxygen atoms in total. The summed E-state index contributed by atoms with van der Waals surface area (Å²) in [7, 11) is 0. The number of carbonyl (C=O) groups excluding carboxylic acids is 1. The Labute approximate surface area is 138 Å². The molecule has 2 aromatic rings. The maximum Gasteiger partial charge on any atom is 0.211 e. The number of hydrogen-bond donors (Lipinski definition) is 3. The fraction of sp³-hybridized carbons (Fsp3) is 0.133. The van der Waals surface area contributed by atoms with Crippen LogP contribution in [-0.2, 0) is 11.2 Å². The van der Waals surface area contributed by atoms with Crippen LogP contribution in [0.4, 0.5) is 11.4 Å². The molecule has 0 fully saturated rings. The first-order chi connectivity index (χ1) is 10.6. The van der Waals surface area contributed by atoms with Gasteiger partial charge in [0.1, 0.15) is 0 Å². The van der Waals surface area contributed by atoms with Crippen molar-refractivity contribution in [3.63, 3.8) is 0 Å². The summed E-state index contributed by atoms with van der Waals surface area (Å²) < 4.78 is 0.910. The van der Waals surface area contributed by atoms with Crippen LogP contribution < -0.4 is 10.7 Å². The second-order valence-electron chi connectivity index (χ2n) is 4.42. The molecule has 0 unspecified atom stereocenters. The Balaban J connectivity index is 2.04. The number of aryl methyl sites for hydroxylation is 1. The average Bonchev–Trinajstić information content (AvgIpc) is 2.49. The van der Waals surface area contributed by atoms with Crippen molar-refractivity contribution in [2.24, 2.45) is 0 Å². The van der Waals surface area contributed by atoms with E-state index in [0.717, 1.165) is 39.1 Å². The molecule has 0 aromatic heterocycles. The minimum Gasteiger partial charge on any atom is -0.328 e. The van der Waals surface area contributed by atoms with Crippen molar-refractivity contribution in [1.82, 2.24) is 4.58 Å². The zero-order chi connectivity index (χ0) is 15.9. The van der Waals surface area contributed by atoms with Gasteiger partial charge in [0, 0.05) is 27.6 Å². The monoisotopic (exact) mass is 337 g/mol. The van der Waals surface area contributed by atoms with E-state index in [4.69, 9.17) is 11.6 Å². The average molecular weight is 338 g/mol. The molecule has 0 saturated carbocycles. The van der Waals surface area contributed by atoms with E-state index < -0.39 is 0 Å². The predicted molar refractivity (Wildman–Crippen MR) is 90.1 cm³/mol. The Morgan fingerprint density at radius 2 is 2.14 bits per heavy atom. The van der Waals surface area contributed by atoms with E-state index in [0.29, 0.717) is 17.1 Å². The highest BCUT2D eigenvalue weighted by Gasteiger charge is 2.07. The van der Waals surface area contributed by atoms with E-state index in [1.807, 2.05) is 25.1 Å². The van der Waals surface area contributed by atoms with E-state index in [9.17, 15) is 10.0 Å². The molecular weight excluding hydrogens is 322 g/mol. The molecule has 3 N–H and O–H groups in total. The lowest BCUT2D eigenvalue weighted by Crippen LogP contribution is -2.18. The largest absolute Gasteiger partial charge is 0.328 e. The van der Waals surface area contributed by atoms with Gasteiger partial charge in [-0.3, -0.25) is 15.4 Å². The minimum absolute atomic E-state index is 0.584. The Morgan fingerprint density at radius 3 is 2.82 bits per heavy atom. The van der Waals surface area contributed by atoms with Crippen LogP contribution >= 0.6 is 23.5 Å². The smallest absolute Gasteiger partial charge is 0.211 e. The fourth-order valence-electron chi connectivity index (χ4n) is 1.91. The van der Waals surface area contributed by atoms with Crippen LogP contribution in [0, 0.1) is 0 Å². The van der Waals surface area contributed by atoms with Gasteiger partial charge in [-0.15, -0.1) is 0 Å². The Hall–Kier alpha value is -1.73. The Kier molecular flexibility index (Phi) is 6.09. The molecule has 0 saturated heterocycles. The van der Waals surface area contributed by atoms with Crippen molar-refractivity contribution in [1.29, 1.82) is 0 Å². The van der Waals surface area contributed by atoms with Gasteiger partial charge < -0.3 is 5.32 Å². The van der Waals surface area contributed by atoms with E-state index in [1.165, 1.54) is 0 Å². The van der Waals surface area contributed by atoms with Crippen LogP contribution in [0.3, 0.4) is 0 Å². The summed E-state index contributed by atoms with van der Waals surface area (Å²) >= 11 is 7.01. The molecule has 0 atom stereocenters. The molecule has 2 rings (SSSR count). The van der Waals surface area contributed by atoms with Gasteiger partial charge in [-0.25, -0.2) is 0 Å². The maximum atomic E-state index is 10.6. The van der Waals surface area contributed by atoms with Crippen molar-refractivity contribution in [3.05, 3.63) is 53.1 Å². The first kappa shape index (κ1) is 16.6. The number of benzene rings is 2. The van der Waals surface area contributed by atoms with Crippen molar-refractivity contribution < 1.29 is 10.0 Å². The van der Waals surface area contributed by atoms with Crippen molar-refractivity contribution >= 4 is 41.3 Å². The van der Waals surface area contributed by atoms with Gasteiger partial charge in [-0.2, -0.15) is 0 Å². The number of nitrogens with zero attached hydrogens (tertiary/aromatic N) is 1. The van der Waals surface area contributed by atoms with Crippen molar-refractivity contribution in [3.8, 4) is 0 Å². The summed E-state index contributed by atoms with van der Waals surface area (Å²) in [5, 5.41) is 13.2. The molecule has 1 amide bonds. The third kappa shape index (κ3) is 4.64. The fourth-order valence-corrected chi connectivity index (χ4v) is 2.78. The molecule has 0 aliphatic heterocycles. The van der Waals surface area contributed by atoms with Gasteiger partial charge >= 0.3 is 0 Å². The number of anilines is 2. The molecule has 0 aliphatic rings. The Bertz CT molecular complexity index is 654. The van der Waals surface area contributed by atoms with Crippen LogP contribution in [0.25, 0.3) is 0 Å². The van der Waals surface area contributed by atoms with Gasteiger partial charge in [0.2, 0.25) is 6.41 Å². The van der Waals surface area contributed by atoms with Crippen molar-refractivity contribution in [2.45, 2.75) is 18.2 Å². The number of rotatable bonds is 7. The summed E-state index contributed by atoms with van der Waals surface area (Å²) in [6.45, 7) is 2.00. The first-order valence-corrected chi connectivity index (χ1v) is 7.80. The number of carbonyl (C=O) groups is 1. The highest BCUT2D eigenvalue weighted by molar-refractivity contribution is 7.97. The van der Waals surface area contributed by atoms with Crippen LogP contribution in [0.1, 0.15) is 12.5 Å². The molecule has 116 valence electrons. The van der Waals surface area contributed by atoms with E-state index in [1.54, 1.807) is 24.3 Å². The molecule has 0 radical (unpaired) electrons.